The molecule has 1 rings (SSSR count). The van der Waals surface area contributed by atoms with Gasteiger partial charge in [-0.3, -0.25) is 9.59 Å². The molecule has 0 aliphatic carbocycles. The van der Waals surface area contributed by atoms with Crippen molar-refractivity contribution in [1.82, 2.24) is 5.32 Å². The fourth-order valence-electron chi connectivity index (χ4n) is 1.71. The van der Waals surface area contributed by atoms with E-state index < -0.39 is 5.97 Å². The zero-order valence-electron chi connectivity index (χ0n) is 8.54. The minimum atomic E-state index is -0.427. The van der Waals surface area contributed by atoms with E-state index in [4.69, 9.17) is 0 Å². The second-order valence-corrected chi connectivity index (χ2v) is 3.69. The number of Topliss-reactive ketones (excluding diaryl/α,β-unsaturated/α-hetero) is 1. The minimum absolute atomic E-state index is 0.00347. The van der Waals surface area contributed by atoms with Gasteiger partial charge in [-0.25, -0.2) is 0 Å². The van der Waals surface area contributed by atoms with E-state index in [9.17, 15) is 9.59 Å². The molecule has 0 aromatic heterocycles. The van der Waals surface area contributed by atoms with Crippen LogP contribution in [0.4, 0.5) is 0 Å². The molecule has 14 heavy (non-hydrogen) atoms. The predicted molar refractivity (Wildman–Crippen MR) is 51.9 cm³/mol. The van der Waals surface area contributed by atoms with Crippen LogP contribution in [0.2, 0.25) is 0 Å². The summed E-state index contributed by atoms with van der Waals surface area (Å²) in [4.78, 5) is 22.2. The van der Waals surface area contributed by atoms with Crippen molar-refractivity contribution in [2.24, 2.45) is 5.92 Å². The van der Waals surface area contributed by atoms with Gasteiger partial charge in [-0.1, -0.05) is 0 Å². The first-order chi connectivity index (χ1) is 6.72. The molecule has 1 aliphatic heterocycles. The lowest BCUT2D eigenvalue weighted by atomic mass is 9.92. The molecule has 80 valence electrons. The van der Waals surface area contributed by atoms with Crippen LogP contribution >= 0.6 is 0 Å². The van der Waals surface area contributed by atoms with Crippen molar-refractivity contribution in [1.29, 1.82) is 0 Å². The molecule has 1 heterocycles. The van der Waals surface area contributed by atoms with Gasteiger partial charge in [0.25, 0.3) is 0 Å². The smallest absolute Gasteiger partial charge is 0.313 e. The number of hydrogen-bond acceptors (Lipinski definition) is 4. The highest BCUT2D eigenvalue weighted by molar-refractivity contribution is 5.95. The van der Waals surface area contributed by atoms with Crippen molar-refractivity contribution in [3.05, 3.63) is 0 Å². The van der Waals surface area contributed by atoms with E-state index in [0.717, 1.165) is 25.9 Å². The van der Waals surface area contributed by atoms with Crippen molar-refractivity contribution >= 4 is 11.8 Å². The molecule has 4 heteroatoms. The number of hydrogen-bond donors (Lipinski definition) is 1. The Kier molecular flexibility index (Phi) is 4.59. The molecular weight excluding hydrogens is 182 g/mol. The summed E-state index contributed by atoms with van der Waals surface area (Å²) in [5, 5.41) is 3.24. The SMILES string of the molecule is COC(=O)CC(=O)CC1CCNCC1. The third-order valence-electron chi connectivity index (χ3n) is 2.54. The Bertz CT molecular complexity index is 209. The molecule has 0 unspecified atom stereocenters. The average molecular weight is 199 g/mol. The number of esters is 1. The van der Waals surface area contributed by atoms with Crippen molar-refractivity contribution in [2.75, 3.05) is 20.2 Å². The summed E-state index contributed by atoms with van der Waals surface area (Å²) in [7, 11) is 1.31. The maximum Gasteiger partial charge on any atom is 0.313 e. The number of rotatable bonds is 4. The summed E-state index contributed by atoms with van der Waals surface area (Å²) in [5.74, 6) is 0.0288. The maximum atomic E-state index is 11.4. The van der Waals surface area contributed by atoms with E-state index in [1.54, 1.807) is 0 Å². The number of carbonyl (C=O) groups is 2. The van der Waals surface area contributed by atoms with Gasteiger partial charge in [-0.2, -0.15) is 0 Å². The normalized spacial score (nSPS) is 17.8. The van der Waals surface area contributed by atoms with Crippen LogP contribution in [0.5, 0.6) is 0 Å². The van der Waals surface area contributed by atoms with Gasteiger partial charge in [0, 0.05) is 6.42 Å². The molecule has 1 aliphatic rings. The molecule has 0 amide bonds. The average Bonchev–Trinajstić information content (AvgIpc) is 2.19. The third kappa shape index (κ3) is 3.87. The van der Waals surface area contributed by atoms with Crippen LogP contribution in [-0.4, -0.2) is 32.0 Å². The molecule has 1 N–H and O–H groups in total. The fourth-order valence-corrected chi connectivity index (χ4v) is 1.71. The van der Waals surface area contributed by atoms with E-state index in [2.05, 4.69) is 10.1 Å². The van der Waals surface area contributed by atoms with Gasteiger partial charge in [-0.15, -0.1) is 0 Å². The molecule has 1 saturated heterocycles. The van der Waals surface area contributed by atoms with Crippen molar-refractivity contribution < 1.29 is 14.3 Å². The number of methoxy groups -OCH3 is 1. The zero-order chi connectivity index (χ0) is 10.4. The van der Waals surface area contributed by atoms with Crippen molar-refractivity contribution in [2.45, 2.75) is 25.7 Å². The number of piperidine rings is 1. The Hall–Kier alpha value is -0.900. The topological polar surface area (TPSA) is 55.4 Å². The first-order valence-corrected chi connectivity index (χ1v) is 5.01. The molecule has 0 radical (unpaired) electrons. The van der Waals surface area contributed by atoms with E-state index >= 15 is 0 Å². The second-order valence-electron chi connectivity index (χ2n) is 3.69. The number of carbonyl (C=O) groups excluding carboxylic acids is 2. The monoisotopic (exact) mass is 199 g/mol. The Morgan fingerprint density at radius 2 is 2.00 bits per heavy atom. The highest BCUT2D eigenvalue weighted by Gasteiger charge is 2.18. The van der Waals surface area contributed by atoms with Crippen LogP contribution in [0, 0.1) is 5.92 Å². The Morgan fingerprint density at radius 3 is 2.57 bits per heavy atom. The summed E-state index contributed by atoms with van der Waals surface area (Å²) < 4.78 is 4.44. The third-order valence-corrected chi connectivity index (χ3v) is 2.54. The van der Waals surface area contributed by atoms with Crippen LogP contribution < -0.4 is 5.32 Å². The van der Waals surface area contributed by atoms with Gasteiger partial charge in [-0.05, 0) is 31.8 Å². The van der Waals surface area contributed by atoms with Gasteiger partial charge in [0.2, 0.25) is 0 Å². The molecule has 4 nitrogen and oxygen atoms in total. The van der Waals surface area contributed by atoms with E-state index in [1.807, 2.05) is 0 Å². The lowest BCUT2D eigenvalue weighted by Gasteiger charge is -2.21. The Morgan fingerprint density at radius 1 is 1.36 bits per heavy atom. The summed E-state index contributed by atoms with van der Waals surface area (Å²) in [5.41, 5.74) is 0. The first kappa shape index (κ1) is 11.2. The number of ketones is 1. The summed E-state index contributed by atoms with van der Waals surface area (Å²) >= 11 is 0. The van der Waals surface area contributed by atoms with Gasteiger partial charge >= 0.3 is 5.97 Å². The van der Waals surface area contributed by atoms with Crippen molar-refractivity contribution in [3.8, 4) is 0 Å². The van der Waals surface area contributed by atoms with Crippen LogP contribution in [0.15, 0.2) is 0 Å². The van der Waals surface area contributed by atoms with E-state index in [0.29, 0.717) is 12.3 Å². The summed E-state index contributed by atoms with van der Waals surface area (Å²) in [6.07, 6.45) is 2.52. The molecular formula is C10H17NO3. The number of nitrogens with one attached hydrogen (secondary N) is 1. The van der Waals surface area contributed by atoms with Gasteiger partial charge in [0.05, 0.1) is 7.11 Å². The molecule has 1 fully saturated rings. The molecule has 0 spiro atoms. The van der Waals surface area contributed by atoms with Crippen LogP contribution in [-0.2, 0) is 14.3 Å². The lowest BCUT2D eigenvalue weighted by Crippen LogP contribution is -2.29. The fraction of sp³-hybridized carbons (Fsp3) is 0.800. The molecule has 0 bridgehead atoms. The maximum absolute atomic E-state index is 11.4. The Balaban J connectivity index is 2.21. The van der Waals surface area contributed by atoms with E-state index in [-0.39, 0.29) is 12.2 Å². The molecule has 0 atom stereocenters. The second kappa shape index (κ2) is 5.75. The highest BCUT2D eigenvalue weighted by Crippen LogP contribution is 2.16. The number of ether oxygens (including phenoxy) is 1. The first-order valence-electron chi connectivity index (χ1n) is 5.01. The minimum Gasteiger partial charge on any atom is -0.469 e. The quantitative estimate of drug-likeness (QED) is 0.529. The van der Waals surface area contributed by atoms with Crippen LogP contribution in [0.25, 0.3) is 0 Å². The standard InChI is InChI=1S/C10H17NO3/c1-14-10(13)7-9(12)6-8-2-4-11-5-3-8/h8,11H,2-7H2,1H3. The lowest BCUT2D eigenvalue weighted by molar-refractivity contribution is -0.143. The Labute approximate surface area is 84.0 Å². The van der Waals surface area contributed by atoms with E-state index in [1.165, 1.54) is 7.11 Å². The summed E-state index contributed by atoms with van der Waals surface area (Å²) in [6.45, 7) is 1.96. The van der Waals surface area contributed by atoms with Crippen LogP contribution in [0.3, 0.4) is 0 Å². The van der Waals surface area contributed by atoms with Gasteiger partial charge in [0.1, 0.15) is 12.2 Å². The molecule has 0 saturated carbocycles. The largest absolute Gasteiger partial charge is 0.469 e. The van der Waals surface area contributed by atoms with Crippen molar-refractivity contribution in [3.63, 3.8) is 0 Å². The molecule has 0 aromatic rings. The summed E-state index contributed by atoms with van der Waals surface area (Å²) in [6, 6.07) is 0. The van der Waals surface area contributed by atoms with Crippen LogP contribution in [0.1, 0.15) is 25.7 Å². The zero-order valence-corrected chi connectivity index (χ0v) is 8.54. The van der Waals surface area contributed by atoms with Gasteiger partial charge in [0.15, 0.2) is 0 Å². The predicted octanol–water partition coefficient (Wildman–Crippen LogP) is 0.508. The highest BCUT2D eigenvalue weighted by atomic mass is 16.5. The molecule has 0 aromatic carbocycles. The van der Waals surface area contributed by atoms with Gasteiger partial charge < -0.3 is 10.1 Å².